The number of nitrogens with zero attached hydrogens (tertiary/aromatic N) is 2. The topological polar surface area (TPSA) is 59.2 Å². The molecular weight excluding hydrogens is 226 g/mol. The van der Waals surface area contributed by atoms with Crippen LogP contribution in [0.4, 0.5) is 0 Å². The molecule has 1 amide bonds. The van der Waals surface area contributed by atoms with Crippen molar-refractivity contribution in [2.75, 3.05) is 13.1 Å². The third-order valence-corrected chi connectivity index (χ3v) is 4.34. The van der Waals surface area contributed by atoms with Crippen molar-refractivity contribution < 1.29 is 4.79 Å². The van der Waals surface area contributed by atoms with Crippen LogP contribution in [-0.2, 0) is 11.2 Å². The standard InChI is InChI=1S/C14H19N3O/c15-13-4-3-11-8-17(9-12(11)13)14(18)6-10-2-1-5-16-7-10/h1-2,5,7,11-13H,3-4,6,8-9,15H2. The van der Waals surface area contributed by atoms with Crippen LogP contribution in [0.15, 0.2) is 24.5 Å². The number of carbonyl (C=O) groups excluding carboxylic acids is 1. The Morgan fingerprint density at radius 1 is 1.44 bits per heavy atom. The molecule has 3 atom stereocenters. The van der Waals surface area contributed by atoms with Crippen molar-refractivity contribution in [2.24, 2.45) is 17.6 Å². The molecule has 2 fully saturated rings. The van der Waals surface area contributed by atoms with Gasteiger partial charge in [-0.3, -0.25) is 9.78 Å². The molecular formula is C14H19N3O. The molecule has 96 valence electrons. The minimum absolute atomic E-state index is 0.213. The van der Waals surface area contributed by atoms with E-state index >= 15 is 0 Å². The van der Waals surface area contributed by atoms with E-state index in [1.54, 1.807) is 12.4 Å². The molecule has 0 aromatic carbocycles. The first kappa shape index (κ1) is 11.7. The van der Waals surface area contributed by atoms with Gasteiger partial charge in [0.1, 0.15) is 0 Å². The van der Waals surface area contributed by atoms with E-state index in [-0.39, 0.29) is 5.91 Å². The summed E-state index contributed by atoms with van der Waals surface area (Å²) in [7, 11) is 0. The molecule has 2 heterocycles. The average molecular weight is 245 g/mol. The Bertz CT molecular complexity index is 434. The first-order valence-electron chi connectivity index (χ1n) is 6.66. The summed E-state index contributed by atoms with van der Waals surface area (Å²) in [6, 6.07) is 4.12. The van der Waals surface area contributed by atoms with Crippen molar-refractivity contribution in [3.8, 4) is 0 Å². The number of hydrogen-bond acceptors (Lipinski definition) is 3. The number of hydrogen-bond donors (Lipinski definition) is 1. The minimum Gasteiger partial charge on any atom is -0.342 e. The summed E-state index contributed by atoms with van der Waals surface area (Å²) in [4.78, 5) is 18.2. The van der Waals surface area contributed by atoms with Gasteiger partial charge in [-0.05, 0) is 36.3 Å². The van der Waals surface area contributed by atoms with E-state index in [2.05, 4.69) is 4.98 Å². The van der Waals surface area contributed by atoms with E-state index in [1.165, 1.54) is 6.42 Å². The van der Waals surface area contributed by atoms with Crippen molar-refractivity contribution in [1.29, 1.82) is 0 Å². The highest BCUT2D eigenvalue weighted by atomic mass is 16.2. The van der Waals surface area contributed by atoms with E-state index in [4.69, 9.17) is 5.73 Å². The van der Waals surface area contributed by atoms with Crippen LogP contribution >= 0.6 is 0 Å². The van der Waals surface area contributed by atoms with Crippen LogP contribution in [0.25, 0.3) is 0 Å². The highest BCUT2D eigenvalue weighted by Crippen LogP contribution is 2.37. The average Bonchev–Trinajstić information content (AvgIpc) is 2.93. The highest BCUT2D eigenvalue weighted by molar-refractivity contribution is 5.79. The number of amides is 1. The summed E-state index contributed by atoms with van der Waals surface area (Å²) in [6.07, 6.45) is 6.26. The van der Waals surface area contributed by atoms with E-state index < -0.39 is 0 Å². The number of carbonyl (C=O) groups is 1. The zero-order valence-corrected chi connectivity index (χ0v) is 10.5. The maximum absolute atomic E-state index is 12.2. The van der Waals surface area contributed by atoms with Gasteiger partial charge >= 0.3 is 0 Å². The molecule has 1 aliphatic carbocycles. The molecule has 4 heteroatoms. The Hall–Kier alpha value is -1.42. The van der Waals surface area contributed by atoms with Crippen LogP contribution < -0.4 is 5.73 Å². The van der Waals surface area contributed by atoms with Gasteiger partial charge in [-0.25, -0.2) is 0 Å². The van der Waals surface area contributed by atoms with Crippen molar-refractivity contribution in [2.45, 2.75) is 25.3 Å². The lowest BCUT2D eigenvalue weighted by Gasteiger charge is -2.18. The number of aromatic nitrogens is 1. The lowest BCUT2D eigenvalue weighted by molar-refractivity contribution is -0.129. The molecule has 0 bridgehead atoms. The number of pyridine rings is 1. The van der Waals surface area contributed by atoms with Gasteiger partial charge in [0.25, 0.3) is 0 Å². The SMILES string of the molecule is NC1CCC2CN(C(=O)Cc3cccnc3)CC12. The van der Waals surface area contributed by atoms with Crippen LogP contribution in [0.5, 0.6) is 0 Å². The zero-order chi connectivity index (χ0) is 12.5. The van der Waals surface area contributed by atoms with Gasteiger partial charge in [0.2, 0.25) is 5.91 Å². The summed E-state index contributed by atoms with van der Waals surface area (Å²) in [6.45, 7) is 1.75. The van der Waals surface area contributed by atoms with Crippen molar-refractivity contribution in [3.05, 3.63) is 30.1 Å². The molecule has 1 saturated carbocycles. The van der Waals surface area contributed by atoms with Crippen LogP contribution in [0.3, 0.4) is 0 Å². The Balaban J connectivity index is 1.62. The van der Waals surface area contributed by atoms with E-state index in [0.717, 1.165) is 25.1 Å². The van der Waals surface area contributed by atoms with Gasteiger partial charge in [-0.15, -0.1) is 0 Å². The number of fused-ring (bicyclic) bond motifs is 1. The van der Waals surface area contributed by atoms with Gasteiger partial charge in [-0.2, -0.15) is 0 Å². The quantitative estimate of drug-likeness (QED) is 0.839. The lowest BCUT2D eigenvalue weighted by atomic mass is 9.98. The maximum atomic E-state index is 12.2. The maximum Gasteiger partial charge on any atom is 0.227 e. The lowest BCUT2D eigenvalue weighted by Crippen LogP contribution is -2.34. The molecule has 18 heavy (non-hydrogen) atoms. The minimum atomic E-state index is 0.213. The first-order chi connectivity index (χ1) is 8.74. The number of rotatable bonds is 2. The predicted molar refractivity (Wildman–Crippen MR) is 68.7 cm³/mol. The zero-order valence-electron chi connectivity index (χ0n) is 10.5. The van der Waals surface area contributed by atoms with Gasteiger partial charge in [0.05, 0.1) is 6.42 Å². The monoisotopic (exact) mass is 245 g/mol. The summed E-state index contributed by atoms with van der Waals surface area (Å²) in [5, 5.41) is 0. The third kappa shape index (κ3) is 2.12. The third-order valence-electron chi connectivity index (χ3n) is 4.34. The molecule has 0 spiro atoms. The second-order valence-electron chi connectivity index (χ2n) is 5.50. The molecule has 2 N–H and O–H groups in total. The Morgan fingerprint density at radius 3 is 3.06 bits per heavy atom. The highest BCUT2D eigenvalue weighted by Gasteiger charge is 2.42. The van der Waals surface area contributed by atoms with Crippen LogP contribution in [-0.4, -0.2) is 34.9 Å². The predicted octanol–water partition coefficient (Wildman–Crippen LogP) is 0.820. The Morgan fingerprint density at radius 2 is 2.33 bits per heavy atom. The molecule has 4 nitrogen and oxygen atoms in total. The fourth-order valence-corrected chi connectivity index (χ4v) is 3.30. The molecule has 1 saturated heterocycles. The number of nitrogens with two attached hydrogens (primary N) is 1. The van der Waals surface area contributed by atoms with Gasteiger partial charge in [-0.1, -0.05) is 6.07 Å². The molecule has 3 unspecified atom stereocenters. The Labute approximate surface area is 107 Å². The molecule has 1 aromatic heterocycles. The van der Waals surface area contributed by atoms with E-state index in [1.807, 2.05) is 17.0 Å². The van der Waals surface area contributed by atoms with Crippen molar-refractivity contribution >= 4 is 5.91 Å². The fraction of sp³-hybridized carbons (Fsp3) is 0.571. The molecule has 1 aliphatic heterocycles. The Kier molecular flexibility index (Phi) is 3.04. The smallest absolute Gasteiger partial charge is 0.227 e. The number of likely N-dealkylation sites (tertiary alicyclic amines) is 1. The van der Waals surface area contributed by atoms with Crippen molar-refractivity contribution in [3.63, 3.8) is 0 Å². The van der Waals surface area contributed by atoms with Gasteiger partial charge < -0.3 is 10.6 Å². The second-order valence-corrected chi connectivity index (χ2v) is 5.50. The van der Waals surface area contributed by atoms with Gasteiger partial charge in [0.15, 0.2) is 0 Å². The van der Waals surface area contributed by atoms with Gasteiger partial charge in [0, 0.05) is 31.5 Å². The normalized spacial score (nSPS) is 30.5. The largest absolute Gasteiger partial charge is 0.342 e. The summed E-state index contributed by atoms with van der Waals surface area (Å²) in [5.41, 5.74) is 7.08. The molecule has 1 aromatic rings. The van der Waals surface area contributed by atoms with Crippen LogP contribution in [0.1, 0.15) is 18.4 Å². The fourth-order valence-electron chi connectivity index (χ4n) is 3.30. The van der Waals surface area contributed by atoms with Crippen LogP contribution in [0.2, 0.25) is 0 Å². The molecule has 0 radical (unpaired) electrons. The van der Waals surface area contributed by atoms with E-state index in [9.17, 15) is 4.79 Å². The van der Waals surface area contributed by atoms with Crippen molar-refractivity contribution in [1.82, 2.24) is 9.88 Å². The second kappa shape index (κ2) is 4.69. The summed E-state index contributed by atoms with van der Waals surface area (Å²) < 4.78 is 0. The summed E-state index contributed by atoms with van der Waals surface area (Å²) in [5.74, 6) is 1.38. The summed E-state index contributed by atoms with van der Waals surface area (Å²) >= 11 is 0. The molecule has 3 rings (SSSR count). The van der Waals surface area contributed by atoms with Crippen LogP contribution in [0, 0.1) is 11.8 Å². The van der Waals surface area contributed by atoms with E-state index in [0.29, 0.717) is 24.3 Å². The first-order valence-corrected chi connectivity index (χ1v) is 6.66. The molecule has 2 aliphatic rings.